The average Bonchev–Trinajstić information content (AvgIpc) is 3.07. The van der Waals surface area contributed by atoms with Gasteiger partial charge in [-0.2, -0.15) is 13.2 Å². The van der Waals surface area contributed by atoms with E-state index in [1.165, 1.54) is 6.07 Å². The number of hydrogen-bond acceptors (Lipinski definition) is 3. The smallest absolute Gasteiger partial charge is 0.368 e. The number of fused-ring (bicyclic) bond motifs is 1. The highest BCUT2D eigenvalue weighted by atomic mass is 35.5. The van der Waals surface area contributed by atoms with Crippen molar-refractivity contribution in [2.45, 2.75) is 12.7 Å². The van der Waals surface area contributed by atoms with Gasteiger partial charge in [0.25, 0.3) is 0 Å². The molecule has 1 aliphatic heterocycles. The molecule has 4 rings (SSSR count). The number of carbonyl (C=O) groups is 1. The Labute approximate surface area is 170 Å². The number of piperazine rings is 1. The lowest BCUT2D eigenvalue weighted by Crippen LogP contribution is -2.49. The lowest BCUT2D eigenvalue weighted by Gasteiger charge is -2.36. The molecule has 2 aromatic carbocycles. The molecule has 152 valence electrons. The van der Waals surface area contributed by atoms with Crippen molar-refractivity contribution in [1.82, 2.24) is 14.5 Å². The van der Waals surface area contributed by atoms with Crippen LogP contribution in [-0.4, -0.2) is 46.5 Å². The highest BCUT2D eigenvalue weighted by molar-refractivity contribution is 6.30. The Balaban J connectivity index is 1.49. The molecule has 0 N–H and O–H groups in total. The highest BCUT2D eigenvalue weighted by Gasteiger charge is 2.38. The number of carbonyl (C=O) groups excluding carboxylic acids is 1. The van der Waals surface area contributed by atoms with E-state index < -0.39 is 18.5 Å². The Hall–Kier alpha value is -2.74. The van der Waals surface area contributed by atoms with Crippen LogP contribution < -0.4 is 4.90 Å². The topological polar surface area (TPSA) is 41.4 Å². The van der Waals surface area contributed by atoms with Crippen LogP contribution in [0.3, 0.4) is 0 Å². The third-order valence-electron chi connectivity index (χ3n) is 5.01. The molecule has 0 aliphatic carbocycles. The van der Waals surface area contributed by atoms with E-state index >= 15 is 0 Å². The van der Waals surface area contributed by atoms with Crippen LogP contribution in [0.25, 0.3) is 11.0 Å². The first kappa shape index (κ1) is 19.6. The molecule has 1 fully saturated rings. The minimum absolute atomic E-state index is 0.221. The lowest BCUT2D eigenvalue weighted by atomic mass is 10.2. The van der Waals surface area contributed by atoms with Gasteiger partial charge in [-0.15, -0.1) is 0 Å². The molecule has 0 saturated carbocycles. The van der Waals surface area contributed by atoms with E-state index in [9.17, 15) is 18.0 Å². The van der Waals surface area contributed by atoms with Crippen molar-refractivity contribution < 1.29 is 18.0 Å². The zero-order chi connectivity index (χ0) is 20.6. The van der Waals surface area contributed by atoms with Crippen LogP contribution in [0, 0.1) is 0 Å². The van der Waals surface area contributed by atoms with E-state index in [1.54, 1.807) is 29.2 Å². The number of rotatable bonds is 3. The Bertz CT molecular complexity index is 1040. The second kappa shape index (κ2) is 7.59. The fourth-order valence-corrected chi connectivity index (χ4v) is 3.76. The number of anilines is 1. The molecule has 0 atom stereocenters. The second-order valence-electron chi connectivity index (χ2n) is 6.86. The number of benzene rings is 2. The number of para-hydroxylation sites is 2. The number of halogens is 4. The molecular weight excluding hydrogens is 405 g/mol. The predicted molar refractivity (Wildman–Crippen MR) is 105 cm³/mol. The molecule has 0 bridgehead atoms. The molecule has 1 amide bonds. The second-order valence-corrected chi connectivity index (χ2v) is 7.29. The lowest BCUT2D eigenvalue weighted by molar-refractivity contribution is -0.148. The first-order chi connectivity index (χ1) is 13.8. The van der Waals surface area contributed by atoms with Gasteiger partial charge in [0.2, 0.25) is 11.7 Å². The molecule has 29 heavy (non-hydrogen) atoms. The molecule has 3 aromatic rings. The van der Waals surface area contributed by atoms with Crippen LogP contribution in [0.4, 0.5) is 18.9 Å². The van der Waals surface area contributed by atoms with Gasteiger partial charge in [-0.3, -0.25) is 4.79 Å². The molecule has 1 aromatic heterocycles. The summed E-state index contributed by atoms with van der Waals surface area (Å²) >= 11 is 6.03. The maximum Gasteiger partial charge on any atom is 0.449 e. The Morgan fingerprint density at radius 1 is 1.03 bits per heavy atom. The van der Waals surface area contributed by atoms with Gasteiger partial charge in [0.15, 0.2) is 0 Å². The minimum Gasteiger partial charge on any atom is -0.368 e. The van der Waals surface area contributed by atoms with Gasteiger partial charge in [0.05, 0.1) is 11.0 Å². The van der Waals surface area contributed by atoms with E-state index in [2.05, 4.69) is 9.88 Å². The number of nitrogens with zero attached hydrogens (tertiary/aromatic N) is 4. The maximum atomic E-state index is 13.4. The van der Waals surface area contributed by atoms with E-state index in [1.807, 2.05) is 18.2 Å². The summed E-state index contributed by atoms with van der Waals surface area (Å²) < 4.78 is 41.2. The number of amides is 1. The van der Waals surface area contributed by atoms with Crippen molar-refractivity contribution in [1.29, 1.82) is 0 Å². The van der Waals surface area contributed by atoms with Crippen LogP contribution in [0.1, 0.15) is 5.82 Å². The van der Waals surface area contributed by atoms with Crippen molar-refractivity contribution in [3.8, 4) is 0 Å². The van der Waals surface area contributed by atoms with E-state index in [0.29, 0.717) is 36.7 Å². The fraction of sp³-hybridized carbons (Fsp3) is 0.300. The van der Waals surface area contributed by atoms with Crippen molar-refractivity contribution in [2.75, 3.05) is 31.1 Å². The summed E-state index contributed by atoms with van der Waals surface area (Å²) in [6.07, 6.45) is -4.63. The summed E-state index contributed by atoms with van der Waals surface area (Å²) in [7, 11) is 0. The molecule has 0 radical (unpaired) electrons. The third-order valence-corrected chi connectivity index (χ3v) is 5.24. The standard InChI is InChI=1S/C20H18ClF3N4O/c21-14-4-3-5-15(12-14)26-8-10-27(11-9-26)18(29)13-28-17-7-2-1-6-16(17)25-19(28)20(22,23)24/h1-7,12H,8-11,13H2. The number of alkyl halides is 3. The summed E-state index contributed by atoms with van der Waals surface area (Å²) in [5.74, 6) is -1.41. The monoisotopic (exact) mass is 422 g/mol. The number of imidazole rings is 1. The fourth-order valence-electron chi connectivity index (χ4n) is 3.57. The molecule has 9 heteroatoms. The van der Waals surface area contributed by atoms with Gasteiger partial charge in [-0.05, 0) is 30.3 Å². The van der Waals surface area contributed by atoms with E-state index in [-0.39, 0.29) is 11.4 Å². The van der Waals surface area contributed by atoms with Crippen molar-refractivity contribution >= 4 is 34.2 Å². The SMILES string of the molecule is O=C(Cn1c(C(F)(F)F)nc2ccccc21)N1CCN(c2cccc(Cl)c2)CC1. The third kappa shape index (κ3) is 4.03. The quantitative estimate of drug-likeness (QED) is 0.639. The van der Waals surface area contributed by atoms with Crippen LogP contribution in [0.15, 0.2) is 48.5 Å². The highest BCUT2D eigenvalue weighted by Crippen LogP contribution is 2.31. The van der Waals surface area contributed by atoms with Crippen LogP contribution in [0.5, 0.6) is 0 Å². The van der Waals surface area contributed by atoms with Crippen molar-refractivity contribution in [3.63, 3.8) is 0 Å². The summed E-state index contributed by atoms with van der Waals surface area (Å²) in [6.45, 7) is 1.64. The van der Waals surface area contributed by atoms with Gasteiger partial charge >= 0.3 is 6.18 Å². The van der Waals surface area contributed by atoms with Crippen LogP contribution >= 0.6 is 11.6 Å². The van der Waals surface area contributed by atoms with E-state index in [0.717, 1.165) is 10.3 Å². The largest absolute Gasteiger partial charge is 0.449 e. The minimum atomic E-state index is -4.63. The number of hydrogen-bond donors (Lipinski definition) is 0. The molecule has 2 heterocycles. The van der Waals surface area contributed by atoms with Gasteiger partial charge in [0.1, 0.15) is 6.54 Å². The molecule has 1 saturated heterocycles. The molecular formula is C20H18ClF3N4O. The first-order valence-electron chi connectivity index (χ1n) is 9.14. The Morgan fingerprint density at radius 3 is 2.45 bits per heavy atom. The molecule has 0 spiro atoms. The Morgan fingerprint density at radius 2 is 1.76 bits per heavy atom. The van der Waals surface area contributed by atoms with Crippen LogP contribution in [-0.2, 0) is 17.5 Å². The molecule has 1 aliphatic rings. The average molecular weight is 423 g/mol. The molecule has 5 nitrogen and oxygen atoms in total. The summed E-state index contributed by atoms with van der Waals surface area (Å²) in [6, 6.07) is 13.8. The van der Waals surface area contributed by atoms with Crippen molar-refractivity contribution in [2.24, 2.45) is 0 Å². The zero-order valence-electron chi connectivity index (χ0n) is 15.4. The predicted octanol–water partition coefficient (Wildman–Crippen LogP) is 4.06. The summed E-state index contributed by atoms with van der Waals surface area (Å²) in [5.41, 5.74) is 1.48. The van der Waals surface area contributed by atoms with E-state index in [4.69, 9.17) is 11.6 Å². The molecule has 0 unspecified atom stereocenters. The number of aromatic nitrogens is 2. The van der Waals surface area contributed by atoms with Crippen molar-refractivity contribution in [3.05, 3.63) is 59.4 Å². The van der Waals surface area contributed by atoms with Gasteiger partial charge in [0, 0.05) is 36.9 Å². The summed E-state index contributed by atoms with van der Waals surface area (Å²) in [5, 5.41) is 0.632. The van der Waals surface area contributed by atoms with Gasteiger partial charge < -0.3 is 14.4 Å². The zero-order valence-corrected chi connectivity index (χ0v) is 16.1. The normalized spacial score (nSPS) is 15.2. The summed E-state index contributed by atoms with van der Waals surface area (Å²) in [4.78, 5) is 20.1. The van der Waals surface area contributed by atoms with Gasteiger partial charge in [-0.25, -0.2) is 4.98 Å². The maximum absolute atomic E-state index is 13.4. The Kier molecular flexibility index (Phi) is 5.12. The van der Waals surface area contributed by atoms with Gasteiger partial charge in [-0.1, -0.05) is 29.8 Å². The first-order valence-corrected chi connectivity index (χ1v) is 9.51. The van der Waals surface area contributed by atoms with Crippen LogP contribution in [0.2, 0.25) is 5.02 Å².